The van der Waals surface area contributed by atoms with Gasteiger partial charge in [0.05, 0.1) is 4.92 Å². The van der Waals surface area contributed by atoms with Crippen LogP contribution in [0, 0.1) is 27.4 Å². The zero-order valence-electron chi connectivity index (χ0n) is 20.9. The Morgan fingerprint density at radius 3 is 2.38 bits per heavy atom. The van der Waals surface area contributed by atoms with Gasteiger partial charge in [-0.1, -0.05) is 13.0 Å². The number of nitrogens with zero attached hydrogens (tertiary/aromatic N) is 1. The van der Waals surface area contributed by atoms with Gasteiger partial charge in [0, 0.05) is 24.8 Å². The van der Waals surface area contributed by atoms with E-state index in [-0.39, 0.29) is 45.7 Å². The summed E-state index contributed by atoms with van der Waals surface area (Å²) in [7, 11) is -2.01. The summed E-state index contributed by atoms with van der Waals surface area (Å²) >= 11 is 0. The first-order valence-corrected chi connectivity index (χ1v) is 15.6. The Labute approximate surface area is 201 Å². The number of ether oxygens (including phenoxy) is 2. The zero-order chi connectivity index (χ0) is 25.0. The maximum Gasteiger partial charge on any atom is 0.312 e. The third-order valence-electron chi connectivity index (χ3n) is 7.97. The molecular formula is C25H35NO7Si. The van der Waals surface area contributed by atoms with Crippen molar-refractivity contribution in [3.63, 3.8) is 0 Å². The number of rotatable bonds is 5. The lowest BCUT2D eigenvalue weighted by molar-refractivity contribution is -0.386. The third-order valence-corrected chi connectivity index (χ3v) is 8.80. The summed E-state index contributed by atoms with van der Waals surface area (Å²) < 4.78 is 17.5. The van der Waals surface area contributed by atoms with Crippen LogP contribution in [0.4, 0.5) is 5.69 Å². The Hall–Kier alpha value is -2.42. The number of carbonyl (C=O) groups excluding carboxylic acids is 2. The van der Waals surface area contributed by atoms with Crippen molar-refractivity contribution in [1.29, 1.82) is 0 Å². The van der Waals surface area contributed by atoms with Crippen LogP contribution in [0.1, 0.15) is 63.5 Å². The van der Waals surface area contributed by atoms with Crippen LogP contribution in [0.25, 0.3) is 0 Å². The van der Waals surface area contributed by atoms with Gasteiger partial charge < -0.3 is 13.9 Å². The Balaban J connectivity index is 1.70. The lowest BCUT2D eigenvalue weighted by Gasteiger charge is -2.50. The van der Waals surface area contributed by atoms with E-state index in [1.54, 1.807) is 6.07 Å². The average Bonchev–Trinajstić information content (AvgIpc) is 2.96. The Kier molecular flexibility index (Phi) is 6.29. The van der Waals surface area contributed by atoms with Crippen LogP contribution >= 0.6 is 0 Å². The predicted octanol–water partition coefficient (Wildman–Crippen LogP) is 5.14. The van der Waals surface area contributed by atoms with Gasteiger partial charge in [-0.2, -0.15) is 0 Å². The summed E-state index contributed by atoms with van der Waals surface area (Å²) in [6, 6.07) is 3.81. The van der Waals surface area contributed by atoms with Gasteiger partial charge in [-0.3, -0.25) is 19.7 Å². The minimum absolute atomic E-state index is 0.119. The second-order valence-corrected chi connectivity index (χ2v) is 15.8. The Morgan fingerprint density at radius 1 is 1.12 bits per heavy atom. The van der Waals surface area contributed by atoms with Crippen LogP contribution in [0.3, 0.4) is 0 Å². The molecule has 0 unspecified atom stereocenters. The maximum atomic E-state index is 12.1. The highest BCUT2D eigenvalue weighted by Crippen LogP contribution is 2.62. The molecule has 0 bridgehead atoms. The second kappa shape index (κ2) is 8.66. The molecule has 8 nitrogen and oxygen atoms in total. The molecule has 1 aromatic rings. The van der Waals surface area contributed by atoms with Gasteiger partial charge in [0.1, 0.15) is 12.2 Å². The highest BCUT2D eigenvalue weighted by atomic mass is 28.4. The molecule has 0 spiro atoms. The average molecular weight is 490 g/mol. The van der Waals surface area contributed by atoms with Gasteiger partial charge in [-0.05, 0) is 81.1 Å². The summed E-state index contributed by atoms with van der Waals surface area (Å²) in [4.78, 5) is 35.5. The van der Waals surface area contributed by atoms with Crippen LogP contribution < -0.4 is 4.43 Å². The largest absolute Gasteiger partial charge is 0.540 e. The quantitative estimate of drug-likeness (QED) is 0.244. The van der Waals surface area contributed by atoms with Gasteiger partial charge in [-0.25, -0.2) is 0 Å². The molecule has 0 aromatic heterocycles. The van der Waals surface area contributed by atoms with Crippen molar-refractivity contribution >= 4 is 25.9 Å². The highest BCUT2D eigenvalue weighted by Gasteiger charge is 2.61. The van der Waals surface area contributed by atoms with Gasteiger partial charge >= 0.3 is 17.6 Å². The summed E-state index contributed by atoms with van der Waals surface area (Å²) in [6.45, 7) is 11.0. The molecule has 0 saturated heterocycles. The van der Waals surface area contributed by atoms with Crippen molar-refractivity contribution in [1.82, 2.24) is 0 Å². The van der Waals surface area contributed by atoms with Gasteiger partial charge in [0.15, 0.2) is 5.75 Å². The first-order valence-electron chi connectivity index (χ1n) is 12.2. The molecule has 0 amide bonds. The van der Waals surface area contributed by atoms with Crippen LogP contribution in [0.15, 0.2) is 12.1 Å². The number of esters is 2. The minimum atomic E-state index is -2.01. The number of fused-ring (bicyclic) bond motifs is 5. The Bertz CT molecular complexity index is 1020. The van der Waals surface area contributed by atoms with Gasteiger partial charge in [-0.15, -0.1) is 0 Å². The van der Waals surface area contributed by atoms with E-state index in [0.29, 0.717) is 18.6 Å². The molecular weight excluding hydrogens is 454 g/mol. The molecule has 4 rings (SSSR count). The van der Waals surface area contributed by atoms with Crippen molar-refractivity contribution in [2.45, 2.75) is 90.6 Å². The molecule has 3 aliphatic rings. The van der Waals surface area contributed by atoms with E-state index in [2.05, 4.69) is 6.92 Å². The second-order valence-electron chi connectivity index (χ2n) is 11.3. The SMILES string of the molecule is CC(=O)O[C@@H]1C[C@H]2[C@@H]3CCc4c(ccc(O[Si](C)(C)C)c4[N+](=O)[O-])[C@H]3CC[C@]2(C)[C@H]1OC(C)=O. The number of hydrogen-bond donors (Lipinski definition) is 0. The smallest absolute Gasteiger partial charge is 0.312 e. The van der Waals surface area contributed by atoms with E-state index in [1.165, 1.54) is 13.8 Å². The molecule has 3 aliphatic carbocycles. The molecule has 0 N–H and O–H groups in total. The lowest BCUT2D eigenvalue weighted by atomic mass is 9.55. The third kappa shape index (κ3) is 4.34. The molecule has 2 saturated carbocycles. The number of benzene rings is 1. The number of hydrogen-bond acceptors (Lipinski definition) is 7. The topological polar surface area (TPSA) is 105 Å². The fourth-order valence-electron chi connectivity index (χ4n) is 6.90. The van der Waals surface area contributed by atoms with Crippen LogP contribution in [0.5, 0.6) is 5.75 Å². The fraction of sp³-hybridized carbons (Fsp3) is 0.680. The van der Waals surface area contributed by atoms with E-state index >= 15 is 0 Å². The number of carbonyl (C=O) groups is 2. The maximum absolute atomic E-state index is 12.1. The molecule has 1 aromatic carbocycles. The van der Waals surface area contributed by atoms with E-state index < -0.39 is 20.5 Å². The van der Waals surface area contributed by atoms with Crippen LogP contribution in [-0.4, -0.2) is 37.4 Å². The fourth-order valence-corrected chi connectivity index (χ4v) is 7.72. The number of nitro groups is 1. The van der Waals surface area contributed by atoms with Gasteiger partial charge in [0.2, 0.25) is 8.32 Å². The molecule has 0 radical (unpaired) electrons. The van der Waals surface area contributed by atoms with Crippen molar-refractivity contribution < 1.29 is 28.4 Å². The first kappa shape index (κ1) is 24.7. The lowest BCUT2D eigenvalue weighted by Crippen LogP contribution is -2.46. The molecule has 9 heteroatoms. The van der Waals surface area contributed by atoms with Crippen LogP contribution in [0.2, 0.25) is 19.6 Å². The zero-order valence-corrected chi connectivity index (χ0v) is 21.9. The number of nitro benzene ring substituents is 1. The van der Waals surface area contributed by atoms with E-state index in [0.717, 1.165) is 30.4 Å². The van der Waals surface area contributed by atoms with Crippen LogP contribution in [-0.2, 0) is 25.5 Å². The summed E-state index contributed by atoms with van der Waals surface area (Å²) in [6.07, 6.45) is 2.79. The van der Waals surface area contributed by atoms with Crippen molar-refractivity contribution in [3.05, 3.63) is 33.4 Å². The van der Waals surface area contributed by atoms with Crippen molar-refractivity contribution in [2.24, 2.45) is 17.3 Å². The molecule has 0 heterocycles. The standard InChI is InChI=1S/C25H35NO7Si/c1-14(27)31-22-13-20-18-7-8-19-16(9-10-21(23(19)26(29)30)33-34(4,5)6)17(18)11-12-25(20,3)24(22)32-15(2)28/h9-10,17-18,20,22,24H,7-8,11-13H2,1-6H3/t17-,18-,20+,22-,24+,25+/m1/s1. The van der Waals surface area contributed by atoms with Crippen molar-refractivity contribution in [3.8, 4) is 5.75 Å². The minimum Gasteiger partial charge on any atom is -0.540 e. The molecule has 34 heavy (non-hydrogen) atoms. The summed E-state index contributed by atoms with van der Waals surface area (Å²) in [5.74, 6) is 0.313. The summed E-state index contributed by atoms with van der Waals surface area (Å²) in [5, 5.41) is 12.1. The van der Waals surface area contributed by atoms with E-state index in [9.17, 15) is 19.7 Å². The monoisotopic (exact) mass is 489 g/mol. The predicted molar refractivity (Wildman–Crippen MR) is 128 cm³/mol. The van der Waals surface area contributed by atoms with Crippen molar-refractivity contribution in [2.75, 3.05) is 0 Å². The molecule has 186 valence electrons. The highest BCUT2D eigenvalue weighted by molar-refractivity contribution is 6.70. The normalized spacial score (nSPS) is 32.1. The molecule has 6 atom stereocenters. The molecule has 0 aliphatic heterocycles. The first-order chi connectivity index (χ1) is 15.8. The van der Waals surface area contributed by atoms with Gasteiger partial charge in [0.25, 0.3) is 0 Å². The molecule has 2 fully saturated rings. The van der Waals surface area contributed by atoms with E-state index in [4.69, 9.17) is 13.9 Å². The Morgan fingerprint density at radius 2 is 1.79 bits per heavy atom. The van der Waals surface area contributed by atoms with E-state index in [1.807, 2.05) is 25.7 Å². The summed E-state index contributed by atoms with van der Waals surface area (Å²) in [5.41, 5.74) is 1.68.